The van der Waals surface area contributed by atoms with Crippen molar-refractivity contribution >= 4 is 17.8 Å². The van der Waals surface area contributed by atoms with Gasteiger partial charge in [0.15, 0.2) is 0 Å². The molecule has 2 fully saturated rings. The standard InChI is InChI=1S/C18H18N2O4/c19-11-12-5-7-13(8-6-12)24-16(21)9-10-20-17(22)14-3-1-2-4-15(14)18(20)23/h5-8,14-15H,1-4,9-10H2/t14-,15-/m0/s1. The van der Waals surface area contributed by atoms with E-state index in [1.807, 2.05) is 6.07 Å². The minimum atomic E-state index is -0.504. The Hall–Kier alpha value is -2.68. The van der Waals surface area contributed by atoms with Gasteiger partial charge in [-0.25, -0.2) is 0 Å². The van der Waals surface area contributed by atoms with Crippen molar-refractivity contribution in [3.63, 3.8) is 0 Å². The van der Waals surface area contributed by atoms with E-state index in [9.17, 15) is 14.4 Å². The molecule has 1 saturated heterocycles. The molecule has 0 spiro atoms. The summed E-state index contributed by atoms with van der Waals surface area (Å²) in [5, 5.41) is 8.73. The highest BCUT2D eigenvalue weighted by atomic mass is 16.5. The van der Waals surface area contributed by atoms with Crippen molar-refractivity contribution in [1.29, 1.82) is 5.26 Å². The van der Waals surface area contributed by atoms with Crippen LogP contribution in [0.5, 0.6) is 5.75 Å². The number of likely N-dealkylation sites (tertiary alicyclic amines) is 1. The molecule has 1 aromatic carbocycles. The van der Waals surface area contributed by atoms with Gasteiger partial charge in [0.1, 0.15) is 5.75 Å². The molecule has 0 unspecified atom stereocenters. The maximum Gasteiger partial charge on any atom is 0.312 e. The summed E-state index contributed by atoms with van der Waals surface area (Å²) < 4.78 is 5.17. The van der Waals surface area contributed by atoms with Crippen LogP contribution in [0.3, 0.4) is 0 Å². The average Bonchev–Trinajstić information content (AvgIpc) is 2.85. The van der Waals surface area contributed by atoms with Gasteiger partial charge in [-0.3, -0.25) is 19.3 Å². The molecule has 1 aliphatic heterocycles. The zero-order chi connectivity index (χ0) is 17.1. The second-order valence-corrected chi connectivity index (χ2v) is 6.19. The fourth-order valence-corrected chi connectivity index (χ4v) is 3.43. The van der Waals surface area contributed by atoms with Gasteiger partial charge < -0.3 is 4.74 Å². The Balaban J connectivity index is 1.55. The predicted octanol–water partition coefficient (Wildman–Crippen LogP) is 2.03. The van der Waals surface area contributed by atoms with Crippen LogP contribution in [0, 0.1) is 23.2 Å². The van der Waals surface area contributed by atoms with E-state index in [0.717, 1.165) is 25.7 Å². The van der Waals surface area contributed by atoms with Crippen LogP contribution >= 0.6 is 0 Å². The smallest absolute Gasteiger partial charge is 0.312 e. The van der Waals surface area contributed by atoms with Crippen LogP contribution in [0.1, 0.15) is 37.7 Å². The quantitative estimate of drug-likeness (QED) is 0.480. The molecular weight excluding hydrogens is 308 g/mol. The summed E-state index contributed by atoms with van der Waals surface area (Å²) in [5.74, 6) is -0.838. The lowest BCUT2D eigenvalue weighted by Crippen LogP contribution is -2.33. The van der Waals surface area contributed by atoms with Gasteiger partial charge in [-0.1, -0.05) is 12.8 Å². The normalized spacial score (nSPS) is 22.9. The van der Waals surface area contributed by atoms with Gasteiger partial charge in [0.25, 0.3) is 0 Å². The third kappa shape index (κ3) is 3.16. The number of nitrogens with zero attached hydrogens (tertiary/aromatic N) is 2. The topological polar surface area (TPSA) is 87.5 Å². The molecule has 6 heteroatoms. The van der Waals surface area contributed by atoms with E-state index in [-0.39, 0.29) is 36.6 Å². The zero-order valence-electron chi connectivity index (χ0n) is 13.2. The number of esters is 1. The van der Waals surface area contributed by atoms with Crippen molar-refractivity contribution < 1.29 is 19.1 Å². The van der Waals surface area contributed by atoms with Crippen LogP contribution in [-0.4, -0.2) is 29.2 Å². The van der Waals surface area contributed by atoms with Crippen molar-refractivity contribution in [3.05, 3.63) is 29.8 Å². The maximum absolute atomic E-state index is 12.3. The number of carbonyl (C=O) groups is 3. The third-order valence-corrected chi connectivity index (χ3v) is 4.69. The van der Waals surface area contributed by atoms with Gasteiger partial charge in [0.05, 0.1) is 29.9 Å². The second kappa shape index (κ2) is 6.83. The van der Waals surface area contributed by atoms with E-state index in [1.54, 1.807) is 12.1 Å². The van der Waals surface area contributed by atoms with Gasteiger partial charge in [-0.05, 0) is 37.1 Å². The van der Waals surface area contributed by atoms with Crippen LogP contribution < -0.4 is 4.74 Å². The summed E-state index contributed by atoms with van der Waals surface area (Å²) in [4.78, 5) is 37.8. The lowest BCUT2D eigenvalue weighted by atomic mass is 9.81. The highest BCUT2D eigenvalue weighted by Crippen LogP contribution is 2.37. The van der Waals surface area contributed by atoms with Gasteiger partial charge in [-0.15, -0.1) is 0 Å². The Morgan fingerprint density at radius 1 is 1.12 bits per heavy atom. The number of benzene rings is 1. The predicted molar refractivity (Wildman–Crippen MR) is 83.6 cm³/mol. The molecule has 1 aromatic rings. The van der Waals surface area contributed by atoms with Gasteiger partial charge >= 0.3 is 5.97 Å². The number of amides is 2. The fraction of sp³-hybridized carbons (Fsp3) is 0.444. The molecule has 2 aliphatic rings. The highest BCUT2D eigenvalue weighted by Gasteiger charge is 2.47. The van der Waals surface area contributed by atoms with Crippen LogP contribution in [0.2, 0.25) is 0 Å². The van der Waals surface area contributed by atoms with Crippen molar-refractivity contribution in [2.24, 2.45) is 11.8 Å². The van der Waals surface area contributed by atoms with E-state index in [1.165, 1.54) is 17.0 Å². The van der Waals surface area contributed by atoms with Crippen LogP contribution in [0.25, 0.3) is 0 Å². The van der Waals surface area contributed by atoms with Crippen molar-refractivity contribution in [3.8, 4) is 11.8 Å². The first-order chi connectivity index (χ1) is 11.6. The molecule has 1 aliphatic carbocycles. The van der Waals surface area contributed by atoms with E-state index in [4.69, 9.17) is 10.00 Å². The number of ether oxygens (including phenoxy) is 1. The summed E-state index contributed by atoms with van der Waals surface area (Å²) in [5.41, 5.74) is 0.477. The average molecular weight is 326 g/mol. The highest BCUT2D eigenvalue weighted by molar-refractivity contribution is 6.05. The Bertz CT molecular complexity index is 681. The number of fused-ring (bicyclic) bond motifs is 1. The SMILES string of the molecule is N#Cc1ccc(OC(=O)CCN2C(=O)[C@H]3CCCC[C@@H]3C2=O)cc1. The Kier molecular flexibility index (Phi) is 4.61. The lowest BCUT2D eigenvalue weighted by Gasteiger charge is -2.19. The number of rotatable bonds is 4. The largest absolute Gasteiger partial charge is 0.426 e. The molecule has 6 nitrogen and oxygen atoms in total. The van der Waals surface area contributed by atoms with Crippen molar-refractivity contribution in [2.45, 2.75) is 32.1 Å². The number of carbonyl (C=O) groups excluding carboxylic acids is 3. The zero-order valence-corrected chi connectivity index (χ0v) is 13.2. The molecule has 3 rings (SSSR count). The number of nitriles is 1. The van der Waals surface area contributed by atoms with E-state index in [2.05, 4.69) is 0 Å². The van der Waals surface area contributed by atoms with Gasteiger partial charge in [0.2, 0.25) is 11.8 Å². The molecule has 24 heavy (non-hydrogen) atoms. The second-order valence-electron chi connectivity index (χ2n) is 6.19. The first kappa shape index (κ1) is 16.2. The first-order valence-electron chi connectivity index (χ1n) is 8.16. The summed E-state index contributed by atoms with van der Waals surface area (Å²) >= 11 is 0. The van der Waals surface area contributed by atoms with Crippen LogP contribution in [0.4, 0.5) is 0 Å². The molecule has 0 radical (unpaired) electrons. The molecule has 0 aromatic heterocycles. The Morgan fingerprint density at radius 3 is 2.25 bits per heavy atom. The minimum Gasteiger partial charge on any atom is -0.426 e. The number of imide groups is 1. The summed E-state index contributed by atoms with van der Waals surface area (Å²) in [6.45, 7) is 0.0692. The molecule has 0 bridgehead atoms. The van der Waals surface area contributed by atoms with E-state index < -0.39 is 5.97 Å². The number of hydrogen-bond donors (Lipinski definition) is 0. The minimum absolute atomic E-state index is 0.0308. The lowest BCUT2D eigenvalue weighted by molar-refractivity contribution is -0.141. The van der Waals surface area contributed by atoms with Crippen molar-refractivity contribution in [2.75, 3.05) is 6.54 Å². The summed E-state index contributed by atoms with van der Waals surface area (Å²) in [7, 11) is 0. The maximum atomic E-state index is 12.3. The summed E-state index contributed by atoms with van der Waals surface area (Å²) in [6.07, 6.45) is 3.46. The van der Waals surface area contributed by atoms with Crippen LogP contribution in [0.15, 0.2) is 24.3 Å². The van der Waals surface area contributed by atoms with Gasteiger partial charge in [-0.2, -0.15) is 5.26 Å². The molecule has 1 saturated carbocycles. The molecule has 2 atom stereocenters. The summed E-state index contributed by atoms with van der Waals surface area (Å²) in [6, 6.07) is 8.17. The molecule has 0 N–H and O–H groups in total. The Labute approximate surface area is 140 Å². The first-order valence-corrected chi connectivity index (χ1v) is 8.16. The molecule has 1 heterocycles. The third-order valence-electron chi connectivity index (χ3n) is 4.69. The van der Waals surface area contributed by atoms with E-state index in [0.29, 0.717) is 11.3 Å². The van der Waals surface area contributed by atoms with Gasteiger partial charge in [0, 0.05) is 6.54 Å². The molecular formula is C18H18N2O4. The monoisotopic (exact) mass is 326 g/mol. The molecule has 2 amide bonds. The fourth-order valence-electron chi connectivity index (χ4n) is 3.43. The van der Waals surface area contributed by atoms with Crippen molar-refractivity contribution in [1.82, 2.24) is 4.90 Å². The molecule has 124 valence electrons. The van der Waals surface area contributed by atoms with E-state index >= 15 is 0 Å². The Morgan fingerprint density at radius 2 is 1.71 bits per heavy atom. The number of hydrogen-bond acceptors (Lipinski definition) is 5. The van der Waals surface area contributed by atoms with Crippen LogP contribution in [-0.2, 0) is 14.4 Å².